The van der Waals surface area contributed by atoms with Crippen molar-refractivity contribution in [3.05, 3.63) is 46.9 Å². The first-order valence-electron chi connectivity index (χ1n) is 5.92. The lowest BCUT2D eigenvalue weighted by atomic mass is 10.2. The molecule has 0 bridgehead atoms. The van der Waals surface area contributed by atoms with Crippen LogP contribution in [-0.2, 0) is 5.75 Å². The highest BCUT2D eigenvalue weighted by atomic mass is 32.2. The van der Waals surface area contributed by atoms with Gasteiger partial charge in [-0.05, 0) is 35.0 Å². The van der Waals surface area contributed by atoms with E-state index in [0.717, 1.165) is 22.0 Å². The second kappa shape index (κ2) is 6.29. The molecule has 0 amide bonds. The molecule has 4 N–H and O–H groups in total. The molecule has 5 nitrogen and oxygen atoms in total. The van der Waals surface area contributed by atoms with Crippen LogP contribution in [0, 0.1) is 4.91 Å². The van der Waals surface area contributed by atoms with Gasteiger partial charge in [0.05, 0.1) is 18.5 Å². The number of rotatable bonds is 5. The summed E-state index contributed by atoms with van der Waals surface area (Å²) in [6.07, 6.45) is 0. The van der Waals surface area contributed by atoms with Gasteiger partial charge < -0.3 is 16.2 Å². The number of ether oxygens (including phenoxy) is 1. The van der Waals surface area contributed by atoms with E-state index in [-0.39, 0.29) is 5.69 Å². The zero-order chi connectivity index (χ0) is 14.5. The lowest BCUT2D eigenvalue weighted by molar-refractivity contribution is 0.414. The molecule has 2 aromatic carbocycles. The standard InChI is InChI=1S/C14H15N3O2S/c1-19-10-4-2-9(3-5-10)8-20-12-7-6-11(15)14(17-18)13(12)16/h2-7H,8,15-16H2,1H3. The van der Waals surface area contributed by atoms with Gasteiger partial charge in [-0.3, -0.25) is 0 Å². The Kier molecular flexibility index (Phi) is 4.47. The van der Waals surface area contributed by atoms with E-state index in [1.54, 1.807) is 19.2 Å². The predicted octanol–water partition coefficient (Wildman–Crippen LogP) is 3.55. The van der Waals surface area contributed by atoms with Crippen LogP contribution in [0.4, 0.5) is 17.1 Å². The van der Waals surface area contributed by atoms with Crippen molar-refractivity contribution in [2.45, 2.75) is 10.6 Å². The molecule has 0 saturated carbocycles. The second-order valence-electron chi connectivity index (χ2n) is 4.14. The van der Waals surface area contributed by atoms with Crippen molar-refractivity contribution in [2.24, 2.45) is 5.18 Å². The monoisotopic (exact) mass is 289 g/mol. The molecule has 6 heteroatoms. The second-order valence-corrected chi connectivity index (χ2v) is 5.16. The van der Waals surface area contributed by atoms with E-state index in [2.05, 4.69) is 5.18 Å². The summed E-state index contributed by atoms with van der Waals surface area (Å²) >= 11 is 1.53. The molecule has 0 unspecified atom stereocenters. The Labute approximate surface area is 121 Å². The molecular weight excluding hydrogens is 274 g/mol. The highest BCUT2D eigenvalue weighted by Gasteiger charge is 2.10. The Bertz CT molecular complexity index is 615. The quantitative estimate of drug-likeness (QED) is 0.499. The Morgan fingerprint density at radius 1 is 1.15 bits per heavy atom. The predicted molar refractivity (Wildman–Crippen MR) is 83.3 cm³/mol. The first-order valence-corrected chi connectivity index (χ1v) is 6.91. The number of hydrogen-bond acceptors (Lipinski definition) is 6. The van der Waals surface area contributed by atoms with Crippen molar-refractivity contribution in [1.82, 2.24) is 0 Å². The third-order valence-corrected chi connectivity index (χ3v) is 4.00. The Hall–Kier alpha value is -2.21. The SMILES string of the molecule is COc1ccc(CSc2ccc(N)c(N=O)c2N)cc1. The fourth-order valence-corrected chi connectivity index (χ4v) is 2.65. The number of nitrogen functional groups attached to an aromatic ring is 2. The van der Waals surface area contributed by atoms with Gasteiger partial charge in [0.2, 0.25) is 0 Å². The summed E-state index contributed by atoms with van der Waals surface area (Å²) < 4.78 is 5.11. The Morgan fingerprint density at radius 2 is 1.85 bits per heavy atom. The van der Waals surface area contributed by atoms with Crippen LogP contribution in [0.1, 0.15) is 5.56 Å². The summed E-state index contributed by atoms with van der Waals surface area (Å²) in [6, 6.07) is 11.2. The van der Waals surface area contributed by atoms with E-state index in [0.29, 0.717) is 11.4 Å². The van der Waals surface area contributed by atoms with Gasteiger partial charge in [0.25, 0.3) is 0 Å². The number of thioether (sulfide) groups is 1. The fourth-order valence-electron chi connectivity index (χ4n) is 1.72. The van der Waals surface area contributed by atoms with Crippen LogP contribution in [0.2, 0.25) is 0 Å². The molecule has 0 saturated heterocycles. The maximum atomic E-state index is 10.7. The van der Waals surface area contributed by atoms with Gasteiger partial charge in [-0.15, -0.1) is 16.7 Å². The summed E-state index contributed by atoms with van der Waals surface area (Å²) in [6.45, 7) is 0. The van der Waals surface area contributed by atoms with E-state index in [1.807, 2.05) is 24.3 Å². The summed E-state index contributed by atoms with van der Waals surface area (Å²) in [4.78, 5) is 11.5. The molecule has 2 rings (SSSR count). The Balaban J connectivity index is 2.12. The third-order valence-electron chi connectivity index (χ3n) is 2.85. The molecular formula is C14H15N3O2S. The van der Waals surface area contributed by atoms with Gasteiger partial charge in [-0.1, -0.05) is 12.1 Å². The molecule has 0 aliphatic heterocycles. The molecule has 104 valence electrons. The largest absolute Gasteiger partial charge is 0.497 e. The van der Waals surface area contributed by atoms with Gasteiger partial charge in [-0.25, -0.2) is 0 Å². The molecule has 20 heavy (non-hydrogen) atoms. The fraction of sp³-hybridized carbons (Fsp3) is 0.143. The van der Waals surface area contributed by atoms with E-state index >= 15 is 0 Å². The average Bonchev–Trinajstić information content (AvgIpc) is 2.47. The third kappa shape index (κ3) is 3.03. The zero-order valence-corrected chi connectivity index (χ0v) is 11.8. The lowest BCUT2D eigenvalue weighted by Crippen LogP contribution is -1.94. The maximum Gasteiger partial charge on any atom is 0.154 e. The maximum absolute atomic E-state index is 10.7. The van der Waals surface area contributed by atoms with Gasteiger partial charge in [0.15, 0.2) is 5.69 Å². The molecule has 0 aliphatic rings. The average molecular weight is 289 g/mol. The Morgan fingerprint density at radius 3 is 2.45 bits per heavy atom. The highest BCUT2D eigenvalue weighted by Crippen LogP contribution is 2.38. The van der Waals surface area contributed by atoms with E-state index < -0.39 is 0 Å². The van der Waals surface area contributed by atoms with Crippen LogP contribution >= 0.6 is 11.8 Å². The van der Waals surface area contributed by atoms with Crippen molar-refractivity contribution in [1.29, 1.82) is 0 Å². The number of methoxy groups -OCH3 is 1. The number of benzene rings is 2. The van der Waals surface area contributed by atoms with Crippen LogP contribution in [-0.4, -0.2) is 7.11 Å². The van der Waals surface area contributed by atoms with E-state index in [4.69, 9.17) is 16.2 Å². The van der Waals surface area contributed by atoms with Crippen LogP contribution in [0.15, 0.2) is 46.5 Å². The molecule has 0 spiro atoms. The van der Waals surface area contributed by atoms with Crippen LogP contribution in [0.25, 0.3) is 0 Å². The van der Waals surface area contributed by atoms with E-state index in [1.165, 1.54) is 11.8 Å². The van der Waals surface area contributed by atoms with Gasteiger partial charge in [0, 0.05) is 10.6 Å². The molecule has 0 aliphatic carbocycles. The van der Waals surface area contributed by atoms with Gasteiger partial charge in [0.1, 0.15) is 5.75 Å². The van der Waals surface area contributed by atoms with E-state index in [9.17, 15) is 4.91 Å². The molecule has 0 radical (unpaired) electrons. The molecule has 0 heterocycles. The normalized spacial score (nSPS) is 10.2. The topological polar surface area (TPSA) is 90.7 Å². The summed E-state index contributed by atoms with van der Waals surface area (Å²) in [7, 11) is 1.63. The van der Waals surface area contributed by atoms with Crippen molar-refractivity contribution < 1.29 is 4.74 Å². The minimum atomic E-state index is 0.115. The molecule has 0 fully saturated rings. The van der Waals surface area contributed by atoms with Crippen molar-refractivity contribution in [3.63, 3.8) is 0 Å². The van der Waals surface area contributed by atoms with Gasteiger partial charge in [-0.2, -0.15) is 0 Å². The molecule has 2 aromatic rings. The highest BCUT2D eigenvalue weighted by molar-refractivity contribution is 7.98. The number of nitrogens with zero attached hydrogens (tertiary/aromatic N) is 1. The summed E-state index contributed by atoms with van der Waals surface area (Å²) in [5, 5.41) is 2.88. The number of anilines is 2. The van der Waals surface area contributed by atoms with Crippen LogP contribution in [0.5, 0.6) is 5.75 Å². The molecule has 0 aromatic heterocycles. The lowest BCUT2D eigenvalue weighted by Gasteiger charge is -2.09. The van der Waals surface area contributed by atoms with Crippen LogP contribution < -0.4 is 16.2 Å². The minimum Gasteiger partial charge on any atom is -0.497 e. The van der Waals surface area contributed by atoms with Crippen molar-refractivity contribution >= 4 is 28.8 Å². The number of nitroso groups, excluding NO2 is 1. The van der Waals surface area contributed by atoms with Crippen molar-refractivity contribution in [3.8, 4) is 5.75 Å². The summed E-state index contributed by atoms with van der Waals surface area (Å²) in [5.41, 5.74) is 13.4. The minimum absolute atomic E-state index is 0.115. The zero-order valence-electron chi connectivity index (χ0n) is 11.0. The van der Waals surface area contributed by atoms with Gasteiger partial charge >= 0.3 is 0 Å². The smallest absolute Gasteiger partial charge is 0.154 e. The van der Waals surface area contributed by atoms with Crippen molar-refractivity contribution in [2.75, 3.05) is 18.6 Å². The summed E-state index contributed by atoms with van der Waals surface area (Å²) in [5.74, 6) is 1.55. The van der Waals surface area contributed by atoms with Crippen LogP contribution in [0.3, 0.4) is 0 Å². The first kappa shape index (κ1) is 14.2. The first-order chi connectivity index (χ1) is 9.65. The number of nitrogens with two attached hydrogens (primary N) is 2. The number of hydrogen-bond donors (Lipinski definition) is 2. The molecule has 0 atom stereocenters.